The van der Waals surface area contributed by atoms with Crippen molar-refractivity contribution in [2.75, 3.05) is 19.2 Å². The lowest BCUT2D eigenvalue weighted by molar-refractivity contribution is 0.171. The first kappa shape index (κ1) is 12.6. The average Bonchev–Trinajstić information content (AvgIpc) is 2.94. The molecular formula is C15H16N2O3. The monoisotopic (exact) mass is 272 g/mol. The summed E-state index contributed by atoms with van der Waals surface area (Å²) in [7, 11) is 1.62. The van der Waals surface area contributed by atoms with Gasteiger partial charge in [0.1, 0.15) is 0 Å². The van der Waals surface area contributed by atoms with Crippen LogP contribution in [-0.4, -0.2) is 18.9 Å². The number of ether oxygens (including phenoxy) is 3. The van der Waals surface area contributed by atoms with Crippen molar-refractivity contribution < 1.29 is 14.2 Å². The van der Waals surface area contributed by atoms with E-state index in [0.29, 0.717) is 18.0 Å². The second-order valence-electron chi connectivity index (χ2n) is 4.58. The minimum absolute atomic E-state index is 0.240. The maximum Gasteiger partial charge on any atom is 0.231 e. The topological polar surface area (TPSA) is 52.6 Å². The maximum absolute atomic E-state index is 5.42. The molecule has 1 N–H and O–H groups in total. The standard InChI is InChI=1S/C15H16N2O3/c1-10-3-4-16-8-12(10)17-7-11-5-13(18-2)15-14(6-11)19-9-20-15/h3-6,8,17H,7,9H2,1-2H3. The third-order valence-corrected chi connectivity index (χ3v) is 3.24. The van der Waals surface area contributed by atoms with Crippen molar-refractivity contribution >= 4 is 5.69 Å². The molecule has 1 aliphatic rings. The fourth-order valence-corrected chi connectivity index (χ4v) is 2.13. The van der Waals surface area contributed by atoms with Crippen LogP contribution in [0, 0.1) is 6.92 Å². The van der Waals surface area contributed by atoms with Crippen molar-refractivity contribution in [2.45, 2.75) is 13.5 Å². The quantitative estimate of drug-likeness (QED) is 0.927. The second-order valence-corrected chi connectivity index (χ2v) is 4.58. The molecule has 1 aromatic carbocycles. The first-order valence-electron chi connectivity index (χ1n) is 6.39. The van der Waals surface area contributed by atoms with Crippen molar-refractivity contribution in [3.05, 3.63) is 41.7 Å². The van der Waals surface area contributed by atoms with E-state index in [1.54, 1.807) is 13.3 Å². The van der Waals surface area contributed by atoms with Gasteiger partial charge in [-0.05, 0) is 36.2 Å². The number of fused-ring (bicyclic) bond motifs is 1. The van der Waals surface area contributed by atoms with Gasteiger partial charge >= 0.3 is 0 Å². The van der Waals surface area contributed by atoms with Gasteiger partial charge < -0.3 is 19.5 Å². The molecule has 0 aliphatic carbocycles. The normalized spacial score (nSPS) is 12.3. The fourth-order valence-electron chi connectivity index (χ4n) is 2.13. The van der Waals surface area contributed by atoms with Crippen LogP contribution in [-0.2, 0) is 6.54 Å². The predicted octanol–water partition coefficient (Wildman–Crippen LogP) is 2.74. The molecule has 104 valence electrons. The number of hydrogen-bond donors (Lipinski definition) is 1. The summed E-state index contributed by atoms with van der Waals surface area (Å²) in [5, 5.41) is 3.36. The van der Waals surface area contributed by atoms with Gasteiger partial charge in [-0.15, -0.1) is 0 Å². The highest BCUT2D eigenvalue weighted by atomic mass is 16.7. The minimum Gasteiger partial charge on any atom is -0.493 e. The largest absolute Gasteiger partial charge is 0.493 e. The number of aromatic nitrogens is 1. The van der Waals surface area contributed by atoms with Crippen LogP contribution in [0.1, 0.15) is 11.1 Å². The molecule has 0 spiro atoms. The highest BCUT2D eigenvalue weighted by molar-refractivity contribution is 5.56. The zero-order valence-corrected chi connectivity index (χ0v) is 11.5. The summed E-state index contributed by atoms with van der Waals surface area (Å²) < 4.78 is 16.1. The van der Waals surface area contributed by atoms with Gasteiger partial charge in [-0.25, -0.2) is 0 Å². The van der Waals surface area contributed by atoms with Gasteiger partial charge in [0, 0.05) is 12.7 Å². The summed E-state index contributed by atoms with van der Waals surface area (Å²) in [5.74, 6) is 2.09. The summed E-state index contributed by atoms with van der Waals surface area (Å²) >= 11 is 0. The lowest BCUT2D eigenvalue weighted by atomic mass is 10.1. The molecule has 0 fully saturated rings. The molecule has 3 rings (SSSR count). The number of anilines is 1. The molecule has 5 heteroatoms. The Morgan fingerprint density at radius 1 is 1.35 bits per heavy atom. The maximum atomic E-state index is 5.42. The highest BCUT2D eigenvalue weighted by Gasteiger charge is 2.19. The molecule has 2 heterocycles. The predicted molar refractivity (Wildman–Crippen MR) is 75.4 cm³/mol. The Morgan fingerprint density at radius 2 is 2.25 bits per heavy atom. The number of aryl methyl sites for hydroxylation is 1. The SMILES string of the molecule is COc1cc(CNc2cnccc2C)cc2c1OCO2. The van der Waals surface area contributed by atoms with Gasteiger partial charge in [0.05, 0.1) is 19.0 Å². The van der Waals surface area contributed by atoms with E-state index in [4.69, 9.17) is 14.2 Å². The number of pyridine rings is 1. The molecule has 20 heavy (non-hydrogen) atoms. The number of rotatable bonds is 4. The van der Waals surface area contributed by atoms with Gasteiger partial charge in [-0.3, -0.25) is 4.98 Å². The molecule has 5 nitrogen and oxygen atoms in total. The first-order valence-corrected chi connectivity index (χ1v) is 6.39. The van der Waals surface area contributed by atoms with Crippen molar-refractivity contribution in [1.82, 2.24) is 4.98 Å². The van der Waals surface area contributed by atoms with Crippen LogP contribution in [0.3, 0.4) is 0 Å². The summed E-state index contributed by atoms with van der Waals surface area (Å²) in [6.07, 6.45) is 3.60. The van der Waals surface area contributed by atoms with Crippen molar-refractivity contribution in [3.8, 4) is 17.2 Å². The molecule has 2 aromatic rings. The van der Waals surface area contributed by atoms with Crippen LogP contribution in [0.5, 0.6) is 17.2 Å². The Kier molecular flexibility index (Phi) is 3.33. The van der Waals surface area contributed by atoms with Crippen molar-refractivity contribution in [1.29, 1.82) is 0 Å². The van der Waals surface area contributed by atoms with E-state index in [1.807, 2.05) is 31.3 Å². The van der Waals surface area contributed by atoms with Gasteiger partial charge in [0.25, 0.3) is 0 Å². The molecular weight excluding hydrogens is 256 g/mol. The van der Waals surface area contributed by atoms with E-state index in [9.17, 15) is 0 Å². The number of nitrogens with zero attached hydrogens (tertiary/aromatic N) is 1. The molecule has 0 amide bonds. The van der Waals surface area contributed by atoms with E-state index >= 15 is 0 Å². The van der Waals surface area contributed by atoms with Gasteiger partial charge in [-0.2, -0.15) is 0 Å². The van der Waals surface area contributed by atoms with E-state index < -0.39 is 0 Å². The summed E-state index contributed by atoms with van der Waals surface area (Å²) in [4.78, 5) is 4.12. The van der Waals surface area contributed by atoms with Crippen LogP contribution in [0.4, 0.5) is 5.69 Å². The first-order chi connectivity index (χ1) is 9.78. The molecule has 0 unspecified atom stereocenters. The zero-order valence-electron chi connectivity index (χ0n) is 11.5. The third kappa shape index (κ3) is 2.34. The molecule has 0 bridgehead atoms. The number of benzene rings is 1. The van der Waals surface area contributed by atoms with Crippen molar-refractivity contribution in [2.24, 2.45) is 0 Å². The van der Waals surface area contributed by atoms with Gasteiger partial charge in [0.15, 0.2) is 11.5 Å². The Bertz CT molecular complexity index is 629. The van der Waals surface area contributed by atoms with E-state index in [2.05, 4.69) is 10.3 Å². The Hall–Kier alpha value is -2.43. The molecule has 0 atom stereocenters. The van der Waals surface area contributed by atoms with Crippen LogP contribution in [0.2, 0.25) is 0 Å². The molecule has 1 aromatic heterocycles. The summed E-state index contributed by atoms with van der Waals surface area (Å²) in [6, 6.07) is 5.89. The fraction of sp³-hybridized carbons (Fsp3) is 0.267. The summed E-state index contributed by atoms with van der Waals surface area (Å²) in [5.41, 5.74) is 3.24. The van der Waals surface area contributed by atoms with Crippen LogP contribution in [0.15, 0.2) is 30.6 Å². The van der Waals surface area contributed by atoms with Gasteiger partial charge in [-0.1, -0.05) is 0 Å². The van der Waals surface area contributed by atoms with Crippen LogP contribution < -0.4 is 19.5 Å². The molecule has 0 saturated heterocycles. The molecule has 0 radical (unpaired) electrons. The zero-order chi connectivity index (χ0) is 13.9. The molecule has 0 saturated carbocycles. The van der Waals surface area contributed by atoms with E-state index in [0.717, 1.165) is 22.6 Å². The number of hydrogen-bond acceptors (Lipinski definition) is 5. The van der Waals surface area contributed by atoms with Gasteiger partial charge in [0.2, 0.25) is 12.5 Å². The van der Waals surface area contributed by atoms with Crippen LogP contribution >= 0.6 is 0 Å². The van der Waals surface area contributed by atoms with E-state index in [-0.39, 0.29) is 6.79 Å². The molecule has 1 aliphatic heterocycles. The Labute approximate surface area is 117 Å². The Morgan fingerprint density at radius 3 is 3.05 bits per heavy atom. The lowest BCUT2D eigenvalue weighted by Crippen LogP contribution is -2.02. The smallest absolute Gasteiger partial charge is 0.231 e. The number of nitrogens with one attached hydrogen (secondary N) is 1. The average molecular weight is 272 g/mol. The van der Waals surface area contributed by atoms with Crippen molar-refractivity contribution in [3.63, 3.8) is 0 Å². The minimum atomic E-state index is 0.240. The lowest BCUT2D eigenvalue weighted by Gasteiger charge is -2.11. The third-order valence-electron chi connectivity index (χ3n) is 3.24. The number of methoxy groups -OCH3 is 1. The highest BCUT2D eigenvalue weighted by Crippen LogP contribution is 2.41. The van der Waals surface area contributed by atoms with Crippen LogP contribution in [0.25, 0.3) is 0 Å². The Balaban J connectivity index is 1.80. The van der Waals surface area contributed by atoms with E-state index in [1.165, 1.54) is 0 Å². The second kappa shape index (κ2) is 5.28. The summed E-state index contributed by atoms with van der Waals surface area (Å²) in [6.45, 7) is 2.95.